The molecule has 0 saturated carbocycles. The molecular formula is C12H21N5O2S2. The van der Waals surface area contributed by atoms with Gasteiger partial charge in [-0.1, -0.05) is 0 Å². The van der Waals surface area contributed by atoms with E-state index in [0.29, 0.717) is 17.3 Å². The Bertz CT molecular complexity index is 690. The van der Waals surface area contributed by atoms with E-state index in [1.165, 1.54) is 11.3 Å². The van der Waals surface area contributed by atoms with E-state index < -0.39 is 10.0 Å². The van der Waals surface area contributed by atoms with Crippen molar-refractivity contribution in [1.82, 2.24) is 19.0 Å². The second-order valence-corrected chi connectivity index (χ2v) is 7.53. The molecule has 0 radical (unpaired) electrons. The van der Waals surface area contributed by atoms with Crippen molar-refractivity contribution in [1.29, 1.82) is 0 Å². The number of fused-ring (bicyclic) bond motifs is 1. The van der Waals surface area contributed by atoms with Crippen molar-refractivity contribution in [2.75, 3.05) is 39.5 Å². The molecule has 0 unspecified atom stereocenters. The Balaban J connectivity index is 2.09. The number of thiazole rings is 1. The molecule has 2 aromatic heterocycles. The average molecular weight is 331 g/mol. The maximum Gasteiger partial charge on any atom is 0.260 e. The second kappa shape index (κ2) is 6.73. The quantitative estimate of drug-likeness (QED) is 0.707. The van der Waals surface area contributed by atoms with Gasteiger partial charge in [-0.15, -0.1) is 11.3 Å². The molecule has 0 aromatic carbocycles. The lowest BCUT2D eigenvalue weighted by molar-refractivity contribution is 0.394. The summed E-state index contributed by atoms with van der Waals surface area (Å²) in [5, 5.41) is 4.83. The third-order valence-electron chi connectivity index (χ3n) is 3.03. The SMILES string of the molecule is CNc1nc2sccn2c1S(=O)(=O)NCCCCN(C)C. The normalized spacial score (nSPS) is 12.4. The van der Waals surface area contributed by atoms with Gasteiger partial charge in [0.2, 0.25) is 0 Å². The minimum atomic E-state index is -3.58. The molecular weight excluding hydrogens is 310 g/mol. The minimum absolute atomic E-state index is 0.175. The zero-order valence-electron chi connectivity index (χ0n) is 12.5. The third-order valence-corrected chi connectivity index (χ3v) is 5.27. The summed E-state index contributed by atoms with van der Waals surface area (Å²) in [6, 6.07) is 0. The first-order chi connectivity index (χ1) is 9.95. The Hall–Kier alpha value is -1.16. The molecule has 2 aromatic rings. The van der Waals surface area contributed by atoms with E-state index >= 15 is 0 Å². The maximum atomic E-state index is 12.5. The van der Waals surface area contributed by atoms with Crippen molar-refractivity contribution in [2.24, 2.45) is 0 Å². The van der Waals surface area contributed by atoms with Gasteiger partial charge in [0.05, 0.1) is 0 Å². The topological polar surface area (TPSA) is 78.7 Å². The van der Waals surface area contributed by atoms with E-state index in [-0.39, 0.29) is 5.03 Å². The Morgan fingerprint density at radius 3 is 2.81 bits per heavy atom. The summed E-state index contributed by atoms with van der Waals surface area (Å²) in [5.41, 5.74) is 0. The zero-order chi connectivity index (χ0) is 15.5. The van der Waals surface area contributed by atoms with Gasteiger partial charge in [-0.3, -0.25) is 4.40 Å². The number of nitrogens with one attached hydrogen (secondary N) is 2. The van der Waals surface area contributed by atoms with Gasteiger partial charge in [0, 0.05) is 25.2 Å². The van der Waals surface area contributed by atoms with Crippen molar-refractivity contribution in [3.63, 3.8) is 0 Å². The summed E-state index contributed by atoms with van der Waals surface area (Å²) in [5.74, 6) is 0.377. The second-order valence-electron chi connectivity index (χ2n) is 4.98. The van der Waals surface area contributed by atoms with Crippen molar-refractivity contribution >= 4 is 32.1 Å². The van der Waals surface area contributed by atoms with Gasteiger partial charge in [-0.05, 0) is 33.5 Å². The van der Waals surface area contributed by atoms with E-state index in [4.69, 9.17) is 0 Å². The molecule has 118 valence electrons. The van der Waals surface area contributed by atoms with Crippen LogP contribution >= 0.6 is 11.3 Å². The first-order valence-electron chi connectivity index (χ1n) is 6.73. The van der Waals surface area contributed by atoms with E-state index in [9.17, 15) is 8.42 Å². The number of aromatic nitrogens is 2. The number of nitrogens with zero attached hydrogens (tertiary/aromatic N) is 3. The summed E-state index contributed by atoms with van der Waals surface area (Å²) in [6.45, 7) is 1.38. The van der Waals surface area contributed by atoms with E-state index in [1.54, 1.807) is 17.6 Å². The number of sulfonamides is 1. The third kappa shape index (κ3) is 3.73. The lowest BCUT2D eigenvalue weighted by Crippen LogP contribution is -2.27. The highest BCUT2D eigenvalue weighted by Crippen LogP contribution is 2.25. The number of imidazole rings is 1. The van der Waals surface area contributed by atoms with Gasteiger partial charge in [-0.2, -0.15) is 0 Å². The van der Waals surface area contributed by atoms with Crippen LogP contribution in [0.4, 0.5) is 5.82 Å². The number of anilines is 1. The summed E-state index contributed by atoms with van der Waals surface area (Å²) < 4.78 is 29.2. The molecule has 0 aliphatic carbocycles. The van der Waals surface area contributed by atoms with Crippen LogP contribution in [-0.4, -0.2) is 56.9 Å². The van der Waals surface area contributed by atoms with Crippen LogP contribution in [0.1, 0.15) is 12.8 Å². The predicted molar refractivity (Wildman–Crippen MR) is 85.6 cm³/mol. The lowest BCUT2D eigenvalue weighted by atomic mass is 10.3. The van der Waals surface area contributed by atoms with Gasteiger partial charge in [0.15, 0.2) is 15.8 Å². The minimum Gasteiger partial charge on any atom is -0.371 e. The van der Waals surface area contributed by atoms with Crippen LogP contribution < -0.4 is 10.0 Å². The van der Waals surface area contributed by atoms with Crippen LogP contribution in [0.3, 0.4) is 0 Å². The summed E-state index contributed by atoms with van der Waals surface area (Å²) in [6.07, 6.45) is 3.47. The molecule has 0 atom stereocenters. The van der Waals surface area contributed by atoms with E-state index in [0.717, 1.165) is 19.4 Å². The molecule has 2 N–H and O–H groups in total. The van der Waals surface area contributed by atoms with Crippen molar-refractivity contribution < 1.29 is 8.42 Å². The van der Waals surface area contributed by atoms with Crippen LogP contribution in [-0.2, 0) is 10.0 Å². The highest BCUT2D eigenvalue weighted by molar-refractivity contribution is 7.89. The summed E-state index contributed by atoms with van der Waals surface area (Å²) in [7, 11) is 2.10. The molecule has 0 saturated heterocycles. The molecule has 21 heavy (non-hydrogen) atoms. The molecule has 2 rings (SSSR count). The lowest BCUT2D eigenvalue weighted by Gasteiger charge is -2.10. The van der Waals surface area contributed by atoms with Crippen LogP contribution in [0, 0.1) is 0 Å². The van der Waals surface area contributed by atoms with E-state index in [2.05, 4.69) is 19.9 Å². The van der Waals surface area contributed by atoms with Gasteiger partial charge in [0.1, 0.15) is 0 Å². The fraction of sp³-hybridized carbons (Fsp3) is 0.583. The number of unbranched alkanes of at least 4 members (excludes halogenated alkanes) is 1. The molecule has 2 heterocycles. The smallest absolute Gasteiger partial charge is 0.260 e. The average Bonchev–Trinajstić information content (AvgIpc) is 2.96. The molecule has 0 spiro atoms. The van der Waals surface area contributed by atoms with Gasteiger partial charge < -0.3 is 10.2 Å². The molecule has 0 aliphatic rings. The highest BCUT2D eigenvalue weighted by atomic mass is 32.2. The first-order valence-corrected chi connectivity index (χ1v) is 9.09. The Morgan fingerprint density at radius 1 is 1.38 bits per heavy atom. The van der Waals surface area contributed by atoms with Crippen molar-refractivity contribution in [3.05, 3.63) is 11.6 Å². The monoisotopic (exact) mass is 331 g/mol. The van der Waals surface area contributed by atoms with Crippen molar-refractivity contribution in [2.45, 2.75) is 17.9 Å². The largest absolute Gasteiger partial charge is 0.371 e. The molecule has 0 amide bonds. The summed E-state index contributed by atoms with van der Waals surface area (Å²) >= 11 is 1.40. The molecule has 7 nitrogen and oxygen atoms in total. The Morgan fingerprint density at radius 2 is 2.14 bits per heavy atom. The van der Waals surface area contributed by atoms with Crippen molar-refractivity contribution in [3.8, 4) is 0 Å². The summed E-state index contributed by atoms with van der Waals surface area (Å²) in [4.78, 5) is 7.01. The van der Waals surface area contributed by atoms with E-state index in [1.807, 2.05) is 19.5 Å². The fourth-order valence-electron chi connectivity index (χ4n) is 2.01. The number of hydrogen-bond donors (Lipinski definition) is 2. The first kappa shape index (κ1) is 16.2. The molecule has 0 aliphatic heterocycles. The van der Waals surface area contributed by atoms with Crippen LogP contribution in [0.5, 0.6) is 0 Å². The van der Waals surface area contributed by atoms with Gasteiger partial charge in [-0.25, -0.2) is 18.1 Å². The molecule has 0 bridgehead atoms. The Kier molecular flexibility index (Phi) is 5.20. The zero-order valence-corrected chi connectivity index (χ0v) is 14.1. The standard InChI is InChI=1S/C12H21N5O2S2/c1-13-10-11(17-8-9-20-12(17)15-10)21(18,19)14-6-4-5-7-16(2)3/h8-9,13-14H,4-7H2,1-3H3. The van der Waals surface area contributed by atoms with Gasteiger partial charge in [0.25, 0.3) is 10.0 Å². The maximum absolute atomic E-state index is 12.5. The fourth-order valence-corrected chi connectivity index (χ4v) is 4.14. The van der Waals surface area contributed by atoms with Crippen LogP contribution in [0.25, 0.3) is 4.96 Å². The predicted octanol–water partition coefficient (Wildman–Crippen LogP) is 1.06. The van der Waals surface area contributed by atoms with Gasteiger partial charge >= 0.3 is 0 Å². The Labute approximate surface area is 129 Å². The number of hydrogen-bond acceptors (Lipinski definition) is 6. The van der Waals surface area contributed by atoms with Crippen LogP contribution in [0.15, 0.2) is 16.6 Å². The molecule has 9 heteroatoms. The highest BCUT2D eigenvalue weighted by Gasteiger charge is 2.24. The molecule has 0 fully saturated rings. The number of rotatable bonds is 8. The van der Waals surface area contributed by atoms with Crippen LogP contribution in [0.2, 0.25) is 0 Å².